The van der Waals surface area contributed by atoms with Gasteiger partial charge in [-0.25, -0.2) is 4.98 Å². The van der Waals surface area contributed by atoms with Gasteiger partial charge in [0.2, 0.25) is 0 Å². The molecule has 2 fully saturated rings. The van der Waals surface area contributed by atoms with Gasteiger partial charge in [0.25, 0.3) is 11.5 Å². The molecule has 1 aliphatic heterocycles. The van der Waals surface area contributed by atoms with Gasteiger partial charge in [0.15, 0.2) is 5.65 Å². The van der Waals surface area contributed by atoms with Crippen LogP contribution in [-0.2, 0) is 4.74 Å². The van der Waals surface area contributed by atoms with E-state index in [-0.39, 0.29) is 29.7 Å². The second kappa shape index (κ2) is 9.43. The molecule has 180 valence electrons. The zero-order valence-electron chi connectivity index (χ0n) is 19.0. The first-order chi connectivity index (χ1) is 16.5. The van der Waals surface area contributed by atoms with E-state index < -0.39 is 0 Å². The van der Waals surface area contributed by atoms with E-state index in [0.29, 0.717) is 48.0 Å². The highest BCUT2D eigenvalue weighted by Crippen LogP contribution is 2.23. The molecule has 4 heterocycles. The number of fused-ring (bicyclic) bond motifs is 1. The maximum atomic E-state index is 13.1. The molecule has 0 bridgehead atoms. The van der Waals surface area contributed by atoms with E-state index in [1.165, 1.54) is 6.20 Å². The molecule has 34 heavy (non-hydrogen) atoms. The topological polar surface area (TPSA) is 135 Å². The lowest BCUT2D eigenvalue weighted by Gasteiger charge is -2.24. The SMILES string of the molecule is CNc1cc(Nc2cccn([C@H]3CCCOC3)c2=O)nc2c(C(=O)NC3CC[C@@H](O)C3)cnn12. The highest BCUT2D eigenvalue weighted by atomic mass is 16.5. The average Bonchev–Trinajstić information content (AvgIpc) is 3.46. The van der Waals surface area contributed by atoms with Crippen LogP contribution < -0.4 is 21.5 Å². The van der Waals surface area contributed by atoms with Gasteiger partial charge in [0, 0.05) is 32.0 Å². The molecule has 11 heteroatoms. The van der Waals surface area contributed by atoms with Crippen LogP contribution in [-0.4, -0.2) is 62.6 Å². The summed E-state index contributed by atoms with van der Waals surface area (Å²) in [6, 6.07) is 5.20. The quantitative estimate of drug-likeness (QED) is 0.430. The summed E-state index contributed by atoms with van der Waals surface area (Å²) in [5, 5.41) is 23.2. The summed E-state index contributed by atoms with van der Waals surface area (Å²) in [5.74, 6) is 0.734. The Morgan fingerprint density at radius 2 is 2.18 bits per heavy atom. The molecular formula is C23H29N7O4. The largest absolute Gasteiger partial charge is 0.393 e. The summed E-state index contributed by atoms with van der Waals surface area (Å²) in [6.07, 6.45) is 6.65. The number of hydrogen-bond donors (Lipinski definition) is 4. The maximum Gasteiger partial charge on any atom is 0.274 e. The number of anilines is 3. The molecule has 0 radical (unpaired) electrons. The molecule has 1 amide bonds. The summed E-state index contributed by atoms with van der Waals surface area (Å²) in [6.45, 7) is 1.24. The summed E-state index contributed by atoms with van der Waals surface area (Å²) in [7, 11) is 1.75. The maximum absolute atomic E-state index is 13.1. The second-order valence-corrected chi connectivity index (χ2v) is 8.84. The first-order valence-corrected chi connectivity index (χ1v) is 11.6. The molecule has 1 saturated carbocycles. The fourth-order valence-corrected chi connectivity index (χ4v) is 4.69. The molecule has 11 nitrogen and oxygen atoms in total. The number of ether oxygens (including phenoxy) is 1. The van der Waals surface area contributed by atoms with Crippen LogP contribution in [0.15, 0.2) is 35.4 Å². The number of nitrogens with zero attached hydrogens (tertiary/aromatic N) is 4. The molecule has 0 aromatic carbocycles. The van der Waals surface area contributed by atoms with Crippen LogP contribution >= 0.6 is 0 Å². The summed E-state index contributed by atoms with van der Waals surface area (Å²) >= 11 is 0. The van der Waals surface area contributed by atoms with Crippen LogP contribution in [0.4, 0.5) is 17.3 Å². The zero-order chi connectivity index (χ0) is 23.7. The van der Waals surface area contributed by atoms with Gasteiger partial charge < -0.3 is 30.4 Å². The molecule has 3 aromatic rings. The molecule has 3 atom stereocenters. The van der Waals surface area contributed by atoms with Crippen LogP contribution in [0, 0.1) is 0 Å². The van der Waals surface area contributed by atoms with Gasteiger partial charge in [0.1, 0.15) is 22.9 Å². The minimum Gasteiger partial charge on any atom is -0.393 e. The highest BCUT2D eigenvalue weighted by molar-refractivity contribution is 6.00. The Morgan fingerprint density at radius 3 is 2.91 bits per heavy atom. The van der Waals surface area contributed by atoms with Crippen LogP contribution in [0.1, 0.15) is 48.5 Å². The van der Waals surface area contributed by atoms with Gasteiger partial charge in [-0.15, -0.1) is 0 Å². The minimum absolute atomic E-state index is 0.00513. The van der Waals surface area contributed by atoms with E-state index >= 15 is 0 Å². The fraction of sp³-hybridized carbons (Fsp3) is 0.478. The van der Waals surface area contributed by atoms with Crippen LogP contribution in [0.3, 0.4) is 0 Å². The minimum atomic E-state index is -0.380. The van der Waals surface area contributed by atoms with E-state index in [2.05, 4.69) is 26.0 Å². The van der Waals surface area contributed by atoms with E-state index in [9.17, 15) is 14.7 Å². The van der Waals surface area contributed by atoms with Gasteiger partial charge in [-0.3, -0.25) is 9.59 Å². The Labute approximate surface area is 196 Å². The number of carbonyl (C=O) groups is 1. The Morgan fingerprint density at radius 1 is 1.29 bits per heavy atom. The van der Waals surface area contributed by atoms with Crippen molar-refractivity contribution in [1.82, 2.24) is 24.5 Å². The van der Waals surface area contributed by atoms with Gasteiger partial charge in [-0.05, 0) is 44.2 Å². The van der Waals surface area contributed by atoms with E-state index in [0.717, 1.165) is 25.9 Å². The molecule has 1 saturated heterocycles. The predicted octanol–water partition coefficient (Wildman–Crippen LogP) is 1.67. The molecule has 2 aliphatic rings. The lowest BCUT2D eigenvalue weighted by Crippen LogP contribution is -2.33. The Balaban J connectivity index is 1.44. The summed E-state index contributed by atoms with van der Waals surface area (Å²) in [4.78, 5) is 30.7. The van der Waals surface area contributed by atoms with E-state index in [1.807, 2.05) is 6.07 Å². The van der Waals surface area contributed by atoms with Crippen LogP contribution in [0.25, 0.3) is 5.65 Å². The number of aromatic nitrogens is 4. The van der Waals surface area contributed by atoms with Crippen molar-refractivity contribution in [3.8, 4) is 0 Å². The third-order valence-electron chi connectivity index (χ3n) is 6.48. The van der Waals surface area contributed by atoms with Crippen LogP contribution in [0.5, 0.6) is 0 Å². The van der Waals surface area contributed by atoms with Crippen molar-refractivity contribution in [2.75, 3.05) is 30.9 Å². The average molecular weight is 468 g/mol. The smallest absolute Gasteiger partial charge is 0.274 e. The van der Waals surface area contributed by atoms with Crippen molar-refractivity contribution in [1.29, 1.82) is 0 Å². The van der Waals surface area contributed by atoms with E-state index in [1.54, 1.807) is 34.5 Å². The molecule has 1 aliphatic carbocycles. The molecule has 1 unspecified atom stereocenters. The van der Waals surface area contributed by atoms with E-state index in [4.69, 9.17) is 4.74 Å². The Bertz CT molecular complexity index is 1250. The van der Waals surface area contributed by atoms with Crippen molar-refractivity contribution >= 4 is 28.9 Å². The first-order valence-electron chi connectivity index (χ1n) is 11.6. The van der Waals surface area contributed by atoms with Gasteiger partial charge >= 0.3 is 0 Å². The number of amides is 1. The molecular weight excluding hydrogens is 438 g/mol. The number of nitrogens with one attached hydrogen (secondary N) is 3. The van der Waals surface area contributed by atoms with Gasteiger partial charge in [-0.1, -0.05) is 0 Å². The van der Waals surface area contributed by atoms with Gasteiger partial charge in [-0.2, -0.15) is 9.61 Å². The van der Waals surface area contributed by atoms with Crippen molar-refractivity contribution in [2.24, 2.45) is 0 Å². The van der Waals surface area contributed by atoms with Crippen molar-refractivity contribution in [3.63, 3.8) is 0 Å². The lowest BCUT2D eigenvalue weighted by atomic mass is 10.1. The third-order valence-corrected chi connectivity index (χ3v) is 6.48. The van der Waals surface area contributed by atoms with Crippen molar-refractivity contribution in [2.45, 2.75) is 50.3 Å². The lowest BCUT2D eigenvalue weighted by molar-refractivity contribution is 0.0581. The molecule has 4 N–H and O–H groups in total. The number of pyridine rings is 1. The fourth-order valence-electron chi connectivity index (χ4n) is 4.69. The second-order valence-electron chi connectivity index (χ2n) is 8.84. The highest BCUT2D eigenvalue weighted by Gasteiger charge is 2.26. The van der Waals surface area contributed by atoms with Crippen LogP contribution in [0.2, 0.25) is 0 Å². The summed E-state index contributed by atoms with van der Waals surface area (Å²) in [5.41, 5.74) is 0.920. The summed E-state index contributed by atoms with van der Waals surface area (Å²) < 4.78 is 8.79. The normalized spacial score (nSPS) is 22.6. The number of aliphatic hydroxyl groups is 1. The Hall–Kier alpha value is -3.44. The standard InChI is InChI=1S/C23H29N7O4/c1-24-20-11-19(27-18-5-2-8-29(23(18)33)15-4-3-9-34-13-15)28-21-17(12-25-30(20)21)22(32)26-14-6-7-16(31)10-14/h2,5,8,11-12,14-16,24,31H,3-4,6-7,9-10,13H2,1H3,(H,26,32)(H,27,28)/t14?,15-,16+/m0/s1. The Kier molecular flexibility index (Phi) is 6.20. The molecule has 0 spiro atoms. The third kappa shape index (κ3) is 4.36. The van der Waals surface area contributed by atoms with Gasteiger partial charge in [0.05, 0.1) is 24.9 Å². The number of carbonyl (C=O) groups excluding carboxylic acids is 1. The zero-order valence-corrected chi connectivity index (χ0v) is 19.0. The van der Waals surface area contributed by atoms with Crippen molar-refractivity contribution in [3.05, 3.63) is 46.5 Å². The van der Waals surface area contributed by atoms with Crippen molar-refractivity contribution < 1.29 is 14.6 Å². The number of aliphatic hydroxyl groups excluding tert-OH is 1. The molecule has 5 rings (SSSR count). The number of hydrogen-bond acceptors (Lipinski definition) is 8. The number of rotatable bonds is 6. The first kappa shape index (κ1) is 22.4. The predicted molar refractivity (Wildman–Crippen MR) is 127 cm³/mol. The monoisotopic (exact) mass is 467 g/mol. The molecule has 3 aromatic heterocycles.